The van der Waals surface area contributed by atoms with E-state index in [2.05, 4.69) is 58.0 Å². The van der Waals surface area contributed by atoms with Gasteiger partial charge in [-0.15, -0.1) is 10.2 Å². The van der Waals surface area contributed by atoms with Crippen molar-refractivity contribution in [2.45, 2.75) is 51.2 Å². The molecule has 0 radical (unpaired) electrons. The van der Waals surface area contributed by atoms with Crippen LogP contribution in [0.4, 0.5) is 5.69 Å². The number of carbonyl (C=O) groups is 1. The largest absolute Gasteiger partial charge is 0.325 e. The normalized spacial score (nSPS) is 11.0. The average molecular weight is 410 g/mol. The molecule has 0 unspecified atom stereocenters. The van der Waals surface area contributed by atoms with Crippen LogP contribution >= 0.6 is 11.8 Å². The van der Waals surface area contributed by atoms with Gasteiger partial charge in [-0.05, 0) is 42.2 Å². The highest BCUT2D eigenvalue weighted by Gasteiger charge is 2.15. The summed E-state index contributed by atoms with van der Waals surface area (Å²) in [6.07, 6.45) is 5.60. The molecular weight excluding hydrogens is 382 g/mol. The lowest BCUT2D eigenvalue weighted by Crippen LogP contribution is -2.14. The van der Waals surface area contributed by atoms with Crippen molar-refractivity contribution in [3.63, 3.8) is 0 Å². The van der Waals surface area contributed by atoms with Crippen LogP contribution in [-0.4, -0.2) is 31.4 Å². The minimum atomic E-state index is -0.0530. The Morgan fingerprint density at radius 3 is 2.48 bits per heavy atom. The number of thioether (sulfide) groups is 1. The zero-order chi connectivity index (χ0) is 20.6. The predicted molar refractivity (Wildman–Crippen MR) is 118 cm³/mol. The van der Waals surface area contributed by atoms with E-state index < -0.39 is 0 Å². The minimum Gasteiger partial charge on any atom is -0.325 e. The van der Waals surface area contributed by atoms with E-state index in [1.165, 1.54) is 17.3 Å². The summed E-state index contributed by atoms with van der Waals surface area (Å²) >= 11 is 1.41. The number of nitrogens with zero attached hydrogens (tertiary/aromatic N) is 4. The maximum Gasteiger partial charge on any atom is 0.234 e. The first-order chi connectivity index (χ1) is 14.1. The van der Waals surface area contributed by atoms with Crippen molar-refractivity contribution in [3.8, 4) is 11.4 Å². The second-order valence-electron chi connectivity index (χ2n) is 7.16. The first-order valence-corrected chi connectivity index (χ1v) is 10.9. The summed E-state index contributed by atoms with van der Waals surface area (Å²) in [7, 11) is 0. The van der Waals surface area contributed by atoms with Crippen LogP contribution < -0.4 is 5.32 Å². The monoisotopic (exact) mass is 409 g/mol. The Morgan fingerprint density at radius 2 is 1.83 bits per heavy atom. The van der Waals surface area contributed by atoms with Crippen LogP contribution in [0, 0.1) is 0 Å². The molecule has 0 bridgehead atoms. The molecule has 2 heterocycles. The number of carbonyl (C=O) groups excluding carboxylic acids is 1. The average Bonchev–Trinajstić information content (AvgIpc) is 3.14. The fourth-order valence-corrected chi connectivity index (χ4v) is 3.67. The summed E-state index contributed by atoms with van der Waals surface area (Å²) in [4.78, 5) is 16.5. The van der Waals surface area contributed by atoms with E-state index in [9.17, 15) is 4.79 Å². The van der Waals surface area contributed by atoms with Crippen LogP contribution in [0.25, 0.3) is 11.4 Å². The lowest BCUT2D eigenvalue weighted by molar-refractivity contribution is -0.113. The van der Waals surface area contributed by atoms with Gasteiger partial charge in [-0.2, -0.15) is 0 Å². The third-order valence-corrected chi connectivity index (χ3v) is 5.55. The van der Waals surface area contributed by atoms with Gasteiger partial charge in [0.2, 0.25) is 5.91 Å². The van der Waals surface area contributed by atoms with E-state index in [1.54, 1.807) is 12.4 Å². The van der Waals surface area contributed by atoms with Crippen molar-refractivity contribution >= 4 is 23.4 Å². The molecule has 0 fully saturated rings. The second-order valence-corrected chi connectivity index (χ2v) is 8.10. The van der Waals surface area contributed by atoms with E-state index in [1.807, 2.05) is 24.3 Å². The minimum absolute atomic E-state index is 0.0530. The van der Waals surface area contributed by atoms with Crippen LogP contribution in [0.2, 0.25) is 0 Å². The van der Waals surface area contributed by atoms with Crippen molar-refractivity contribution < 1.29 is 4.79 Å². The molecule has 1 N–H and O–H groups in total. The van der Waals surface area contributed by atoms with Crippen molar-refractivity contribution in [1.29, 1.82) is 0 Å². The van der Waals surface area contributed by atoms with Crippen LogP contribution in [0.3, 0.4) is 0 Å². The van der Waals surface area contributed by atoms with E-state index in [-0.39, 0.29) is 11.7 Å². The van der Waals surface area contributed by atoms with Crippen molar-refractivity contribution in [2.75, 3.05) is 11.1 Å². The molecule has 3 aromatic rings. The molecule has 6 nitrogen and oxygen atoms in total. The Hall–Kier alpha value is -2.67. The SMILES string of the molecule is CCCCn1c(SCC(=O)Nc2ccc(C(C)C)cc2)nnc1-c1ccncc1. The molecule has 3 rings (SSSR count). The fourth-order valence-electron chi connectivity index (χ4n) is 2.91. The van der Waals surface area contributed by atoms with Crippen LogP contribution in [-0.2, 0) is 11.3 Å². The second kappa shape index (κ2) is 10.2. The molecule has 0 aliphatic rings. The summed E-state index contributed by atoms with van der Waals surface area (Å²) in [5.41, 5.74) is 3.04. The quantitative estimate of drug-likeness (QED) is 0.504. The Kier molecular flexibility index (Phi) is 7.41. The number of amides is 1. The summed E-state index contributed by atoms with van der Waals surface area (Å²) in [5, 5.41) is 12.4. The van der Waals surface area contributed by atoms with Gasteiger partial charge in [0.05, 0.1) is 5.75 Å². The summed E-state index contributed by atoms with van der Waals surface area (Å²) in [6, 6.07) is 11.8. The lowest BCUT2D eigenvalue weighted by Gasteiger charge is -2.10. The van der Waals surface area contributed by atoms with E-state index in [0.29, 0.717) is 5.92 Å². The maximum absolute atomic E-state index is 12.4. The predicted octanol–water partition coefficient (Wildman–Crippen LogP) is 4.99. The number of aromatic nitrogens is 4. The molecule has 0 aliphatic heterocycles. The number of unbranched alkanes of at least 4 members (excludes halogenated alkanes) is 1. The highest BCUT2D eigenvalue weighted by Crippen LogP contribution is 2.24. The first kappa shape index (κ1) is 21.0. The van der Waals surface area contributed by atoms with Crippen molar-refractivity contribution in [3.05, 3.63) is 54.4 Å². The van der Waals surface area contributed by atoms with Gasteiger partial charge in [0, 0.05) is 30.2 Å². The van der Waals surface area contributed by atoms with Gasteiger partial charge in [-0.1, -0.05) is 51.1 Å². The Balaban J connectivity index is 1.66. The summed E-state index contributed by atoms with van der Waals surface area (Å²) < 4.78 is 2.09. The number of rotatable bonds is 9. The smallest absolute Gasteiger partial charge is 0.234 e. The highest BCUT2D eigenvalue weighted by molar-refractivity contribution is 7.99. The van der Waals surface area contributed by atoms with Crippen LogP contribution in [0.1, 0.15) is 45.1 Å². The zero-order valence-electron chi connectivity index (χ0n) is 17.1. The van der Waals surface area contributed by atoms with Gasteiger partial charge in [-0.3, -0.25) is 9.78 Å². The highest BCUT2D eigenvalue weighted by atomic mass is 32.2. The number of hydrogen-bond donors (Lipinski definition) is 1. The molecule has 0 aliphatic carbocycles. The Bertz CT molecular complexity index is 922. The van der Waals surface area contributed by atoms with Gasteiger partial charge < -0.3 is 9.88 Å². The molecule has 0 spiro atoms. The number of anilines is 1. The van der Waals surface area contributed by atoms with Gasteiger partial charge in [-0.25, -0.2) is 0 Å². The third kappa shape index (κ3) is 5.67. The molecule has 1 amide bonds. The Labute approximate surface area is 176 Å². The number of nitrogens with one attached hydrogen (secondary N) is 1. The third-order valence-electron chi connectivity index (χ3n) is 4.58. The summed E-state index contributed by atoms with van der Waals surface area (Å²) in [5.74, 6) is 1.52. The number of pyridine rings is 1. The molecule has 0 saturated heterocycles. The first-order valence-electron chi connectivity index (χ1n) is 9.94. The molecular formula is C22H27N5OS. The molecule has 152 valence electrons. The fraction of sp³-hybridized carbons (Fsp3) is 0.364. The zero-order valence-corrected chi connectivity index (χ0v) is 17.9. The lowest BCUT2D eigenvalue weighted by atomic mass is 10.0. The number of hydrogen-bond acceptors (Lipinski definition) is 5. The van der Waals surface area contributed by atoms with E-state index in [0.717, 1.165) is 41.6 Å². The van der Waals surface area contributed by atoms with Crippen molar-refractivity contribution in [2.24, 2.45) is 0 Å². The van der Waals surface area contributed by atoms with Gasteiger partial charge in [0.25, 0.3) is 0 Å². The molecule has 29 heavy (non-hydrogen) atoms. The van der Waals surface area contributed by atoms with Crippen LogP contribution in [0.5, 0.6) is 0 Å². The van der Waals surface area contributed by atoms with Crippen molar-refractivity contribution in [1.82, 2.24) is 19.7 Å². The topological polar surface area (TPSA) is 72.7 Å². The molecule has 1 aromatic carbocycles. The number of benzene rings is 1. The van der Waals surface area contributed by atoms with E-state index >= 15 is 0 Å². The molecule has 2 aromatic heterocycles. The molecule has 7 heteroatoms. The summed E-state index contributed by atoms with van der Waals surface area (Å²) in [6.45, 7) is 7.28. The maximum atomic E-state index is 12.4. The Morgan fingerprint density at radius 1 is 1.10 bits per heavy atom. The van der Waals surface area contributed by atoms with Gasteiger partial charge in [0.1, 0.15) is 0 Å². The van der Waals surface area contributed by atoms with Gasteiger partial charge in [0.15, 0.2) is 11.0 Å². The standard InChI is InChI=1S/C22H27N5OS/c1-4-5-14-27-21(18-10-12-23-13-11-18)25-26-22(27)29-15-20(28)24-19-8-6-17(7-9-19)16(2)3/h6-13,16H,4-5,14-15H2,1-3H3,(H,24,28). The molecule has 0 atom stereocenters. The van der Waals surface area contributed by atoms with Gasteiger partial charge >= 0.3 is 0 Å². The van der Waals surface area contributed by atoms with Crippen LogP contribution in [0.15, 0.2) is 53.9 Å². The molecule has 0 saturated carbocycles. The van der Waals surface area contributed by atoms with E-state index in [4.69, 9.17) is 0 Å².